The molecule has 0 bridgehead atoms. The molecule has 4 rings (SSSR count). The lowest BCUT2D eigenvalue weighted by atomic mass is 10.2. The summed E-state index contributed by atoms with van der Waals surface area (Å²) in [5.74, 6) is 0.285. The molecular formula is C16H13N3OS. The van der Waals surface area contributed by atoms with Gasteiger partial charge in [-0.25, -0.2) is 9.67 Å². The molecule has 0 amide bonds. The van der Waals surface area contributed by atoms with Crippen molar-refractivity contribution in [2.24, 2.45) is 5.92 Å². The Labute approximate surface area is 126 Å². The Morgan fingerprint density at radius 2 is 2.00 bits per heavy atom. The molecule has 5 heteroatoms. The molecule has 0 unspecified atom stereocenters. The van der Waals surface area contributed by atoms with Crippen LogP contribution >= 0.6 is 11.3 Å². The van der Waals surface area contributed by atoms with Crippen molar-refractivity contribution in [3.8, 4) is 21.1 Å². The fraction of sp³-hybridized carbons (Fsp3) is 0.188. The minimum absolute atomic E-state index is 0.106. The summed E-state index contributed by atoms with van der Waals surface area (Å²) in [7, 11) is 0. The van der Waals surface area contributed by atoms with Gasteiger partial charge in [0.1, 0.15) is 10.7 Å². The minimum atomic E-state index is 0.106. The van der Waals surface area contributed by atoms with Crippen molar-refractivity contribution in [1.82, 2.24) is 14.8 Å². The number of hydrogen-bond donors (Lipinski definition) is 0. The number of carbonyl (C=O) groups excluding carboxylic acids is 1. The highest BCUT2D eigenvalue weighted by molar-refractivity contribution is 7.18. The quantitative estimate of drug-likeness (QED) is 0.740. The smallest absolute Gasteiger partial charge is 0.249 e. The van der Waals surface area contributed by atoms with E-state index in [2.05, 4.69) is 10.1 Å². The van der Waals surface area contributed by atoms with Crippen LogP contribution in [0.1, 0.15) is 17.6 Å². The zero-order chi connectivity index (χ0) is 14.2. The van der Waals surface area contributed by atoms with Crippen molar-refractivity contribution in [1.29, 1.82) is 0 Å². The van der Waals surface area contributed by atoms with E-state index in [1.54, 1.807) is 17.5 Å². The first-order valence-corrected chi connectivity index (χ1v) is 7.74. The summed E-state index contributed by atoms with van der Waals surface area (Å²) in [6.45, 7) is 0. The Kier molecular flexibility index (Phi) is 2.93. The van der Waals surface area contributed by atoms with Crippen molar-refractivity contribution >= 4 is 17.2 Å². The highest BCUT2D eigenvalue weighted by atomic mass is 32.1. The average Bonchev–Trinajstić information content (AvgIpc) is 3.06. The van der Waals surface area contributed by atoms with Gasteiger partial charge in [-0.2, -0.15) is 5.10 Å². The first-order chi connectivity index (χ1) is 10.3. The maximum Gasteiger partial charge on any atom is 0.249 e. The Morgan fingerprint density at radius 3 is 2.76 bits per heavy atom. The predicted octanol–water partition coefficient (Wildman–Crippen LogP) is 3.72. The van der Waals surface area contributed by atoms with E-state index in [0.717, 1.165) is 34.0 Å². The van der Waals surface area contributed by atoms with Crippen LogP contribution in [-0.4, -0.2) is 20.7 Å². The van der Waals surface area contributed by atoms with E-state index < -0.39 is 0 Å². The number of thiazole rings is 1. The van der Waals surface area contributed by atoms with E-state index in [9.17, 15) is 4.79 Å². The number of hydrogen-bond acceptors (Lipinski definition) is 4. The maximum atomic E-state index is 12.0. The van der Waals surface area contributed by atoms with Gasteiger partial charge in [-0.15, -0.1) is 11.3 Å². The second-order valence-corrected chi connectivity index (χ2v) is 6.18. The fourth-order valence-electron chi connectivity index (χ4n) is 2.20. The van der Waals surface area contributed by atoms with Gasteiger partial charge in [0.15, 0.2) is 0 Å². The molecule has 0 radical (unpaired) electrons. The summed E-state index contributed by atoms with van der Waals surface area (Å²) in [6.07, 6.45) is 5.55. The third-order valence-electron chi connectivity index (χ3n) is 3.52. The van der Waals surface area contributed by atoms with Crippen LogP contribution in [0.4, 0.5) is 0 Å². The lowest BCUT2D eigenvalue weighted by Gasteiger charge is -1.96. The Hall–Kier alpha value is -2.27. The van der Waals surface area contributed by atoms with Crippen molar-refractivity contribution in [2.75, 3.05) is 0 Å². The summed E-state index contributed by atoms with van der Waals surface area (Å²) in [6, 6.07) is 11.9. The summed E-state index contributed by atoms with van der Waals surface area (Å²) in [4.78, 5) is 17.4. The Balaban J connectivity index is 1.62. The molecule has 4 nitrogen and oxygen atoms in total. The summed E-state index contributed by atoms with van der Waals surface area (Å²) >= 11 is 1.59. The monoisotopic (exact) mass is 295 g/mol. The summed E-state index contributed by atoms with van der Waals surface area (Å²) in [5, 5.41) is 5.35. The fourth-order valence-corrected chi connectivity index (χ4v) is 3.09. The van der Waals surface area contributed by atoms with Crippen molar-refractivity contribution in [2.45, 2.75) is 12.8 Å². The number of aromatic nitrogens is 3. The molecule has 0 N–H and O–H groups in total. The maximum absolute atomic E-state index is 12.0. The van der Waals surface area contributed by atoms with E-state index in [0.29, 0.717) is 0 Å². The van der Waals surface area contributed by atoms with Crippen molar-refractivity contribution < 1.29 is 4.79 Å². The van der Waals surface area contributed by atoms with E-state index in [4.69, 9.17) is 0 Å². The summed E-state index contributed by atoms with van der Waals surface area (Å²) in [5.41, 5.74) is 1.91. The van der Waals surface area contributed by atoms with Gasteiger partial charge < -0.3 is 0 Å². The first kappa shape index (κ1) is 12.5. The van der Waals surface area contributed by atoms with Crippen LogP contribution in [0, 0.1) is 5.92 Å². The zero-order valence-electron chi connectivity index (χ0n) is 11.3. The van der Waals surface area contributed by atoms with E-state index in [1.165, 1.54) is 4.68 Å². The zero-order valence-corrected chi connectivity index (χ0v) is 12.1. The lowest BCUT2D eigenvalue weighted by Crippen LogP contribution is -2.12. The second kappa shape index (κ2) is 4.93. The van der Waals surface area contributed by atoms with Crippen LogP contribution in [0.3, 0.4) is 0 Å². The standard InChI is InChI=1S/C16H13N3OS/c20-16(12-6-7-12)19-9-8-13(18-19)14-10-17-15(21-14)11-4-2-1-3-5-11/h1-5,8-10,12H,6-7H2. The van der Waals surface area contributed by atoms with Gasteiger partial charge in [0.25, 0.3) is 0 Å². The number of nitrogens with zero attached hydrogens (tertiary/aromatic N) is 3. The normalized spacial score (nSPS) is 14.3. The molecule has 0 atom stereocenters. The van der Waals surface area contributed by atoms with Gasteiger partial charge >= 0.3 is 0 Å². The topological polar surface area (TPSA) is 47.8 Å². The van der Waals surface area contributed by atoms with Crippen LogP contribution in [-0.2, 0) is 0 Å². The molecule has 0 spiro atoms. The van der Waals surface area contributed by atoms with E-state index >= 15 is 0 Å². The Bertz CT molecular complexity index is 787. The minimum Gasteiger partial charge on any atom is -0.272 e. The van der Waals surface area contributed by atoms with Crippen LogP contribution in [0.25, 0.3) is 21.1 Å². The van der Waals surface area contributed by atoms with Crippen LogP contribution < -0.4 is 0 Å². The highest BCUT2D eigenvalue weighted by Crippen LogP contribution is 2.33. The van der Waals surface area contributed by atoms with Crippen LogP contribution in [0.2, 0.25) is 0 Å². The molecule has 104 valence electrons. The molecule has 1 aliphatic rings. The van der Waals surface area contributed by atoms with Gasteiger partial charge in [-0.05, 0) is 18.9 Å². The number of benzene rings is 1. The summed E-state index contributed by atoms with van der Waals surface area (Å²) < 4.78 is 1.47. The highest BCUT2D eigenvalue weighted by Gasteiger charge is 2.31. The van der Waals surface area contributed by atoms with Crippen molar-refractivity contribution in [3.63, 3.8) is 0 Å². The third-order valence-corrected chi connectivity index (χ3v) is 4.59. The second-order valence-electron chi connectivity index (χ2n) is 5.15. The van der Waals surface area contributed by atoms with Gasteiger partial charge in [0.2, 0.25) is 5.91 Å². The molecular weight excluding hydrogens is 282 g/mol. The largest absolute Gasteiger partial charge is 0.272 e. The van der Waals surface area contributed by atoms with E-state index in [-0.39, 0.29) is 11.8 Å². The van der Waals surface area contributed by atoms with Crippen molar-refractivity contribution in [3.05, 3.63) is 48.8 Å². The number of rotatable bonds is 3. The first-order valence-electron chi connectivity index (χ1n) is 6.93. The average molecular weight is 295 g/mol. The molecule has 3 aromatic rings. The molecule has 0 saturated heterocycles. The SMILES string of the molecule is O=C(C1CC1)n1ccc(-c2cnc(-c3ccccc3)s2)n1. The van der Waals surface area contributed by atoms with E-state index in [1.807, 2.05) is 42.6 Å². The van der Waals surface area contributed by atoms with Gasteiger partial charge in [0, 0.05) is 23.9 Å². The molecule has 2 aromatic heterocycles. The molecule has 1 aromatic carbocycles. The molecule has 1 fully saturated rings. The molecule has 1 saturated carbocycles. The van der Waals surface area contributed by atoms with Gasteiger partial charge in [-0.3, -0.25) is 4.79 Å². The lowest BCUT2D eigenvalue weighted by molar-refractivity contribution is 0.0870. The van der Waals surface area contributed by atoms with Crippen LogP contribution in [0.5, 0.6) is 0 Å². The Morgan fingerprint density at radius 1 is 1.19 bits per heavy atom. The molecule has 21 heavy (non-hydrogen) atoms. The molecule has 2 heterocycles. The number of carbonyl (C=O) groups is 1. The van der Waals surface area contributed by atoms with Gasteiger partial charge in [0.05, 0.1) is 4.88 Å². The third kappa shape index (κ3) is 2.40. The predicted molar refractivity (Wildman–Crippen MR) is 82.1 cm³/mol. The van der Waals surface area contributed by atoms with Crippen LogP contribution in [0.15, 0.2) is 48.8 Å². The van der Waals surface area contributed by atoms with Gasteiger partial charge in [-0.1, -0.05) is 30.3 Å². The molecule has 0 aliphatic heterocycles. The molecule has 1 aliphatic carbocycles.